The van der Waals surface area contributed by atoms with E-state index in [1.54, 1.807) is 0 Å². The molecule has 2 rings (SSSR count). The molecule has 0 saturated heterocycles. The summed E-state index contributed by atoms with van der Waals surface area (Å²) in [6, 6.07) is 7.98. The maximum absolute atomic E-state index is 5.39. The quantitative estimate of drug-likeness (QED) is 0.543. The zero-order valence-corrected chi connectivity index (χ0v) is 8.88. The maximum atomic E-state index is 5.39. The molecule has 0 aliphatic carbocycles. The van der Waals surface area contributed by atoms with Crippen LogP contribution in [0, 0.1) is 0 Å². The number of nitrogens with zero attached hydrogens (tertiary/aromatic N) is 1. The van der Waals surface area contributed by atoms with E-state index in [9.17, 15) is 0 Å². The molecule has 1 aromatic carbocycles. The van der Waals surface area contributed by atoms with Crippen molar-refractivity contribution in [2.24, 2.45) is 10.8 Å². The van der Waals surface area contributed by atoms with Crippen LogP contribution in [-0.4, -0.2) is 17.4 Å². The van der Waals surface area contributed by atoms with Gasteiger partial charge in [0.15, 0.2) is 5.11 Å². The van der Waals surface area contributed by atoms with Gasteiger partial charge in [-0.2, -0.15) is 5.10 Å². The summed E-state index contributed by atoms with van der Waals surface area (Å²) in [4.78, 5) is 0. The molecule has 0 atom stereocenters. The van der Waals surface area contributed by atoms with Crippen molar-refractivity contribution in [3.8, 4) is 0 Å². The van der Waals surface area contributed by atoms with Crippen LogP contribution >= 0.6 is 12.2 Å². The molecular weight excluding hydrogens is 210 g/mol. The number of nitrogens with two attached hydrogens (primary N) is 1. The molecule has 1 aliphatic heterocycles. The minimum absolute atomic E-state index is 0.158. The van der Waals surface area contributed by atoms with Crippen LogP contribution in [0.25, 0.3) is 0 Å². The molecule has 0 aromatic heterocycles. The number of ether oxygens (including phenoxy) is 1. The molecule has 1 heterocycles. The monoisotopic (exact) mass is 221 g/mol. The number of rotatable bonds is 1. The highest BCUT2D eigenvalue weighted by Crippen LogP contribution is 2.16. The highest BCUT2D eigenvalue weighted by molar-refractivity contribution is 7.80. The van der Waals surface area contributed by atoms with Crippen molar-refractivity contribution in [1.29, 1.82) is 0 Å². The van der Waals surface area contributed by atoms with E-state index < -0.39 is 0 Å². The van der Waals surface area contributed by atoms with Gasteiger partial charge in [-0.3, -0.25) is 5.43 Å². The van der Waals surface area contributed by atoms with Crippen LogP contribution < -0.4 is 11.2 Å². The topological polar surface area (TPSA) is 59.6 Å². The van der Waals surface area contributed by atoms with Gasteiger partial charge in [0.25, 0.3) is 0 Å². The Bertz CT molecular complexity index is 417. The molecular formula is C10H11N3OS. The summed E-state index contributed by atoms with van der Waals surface area (Å²) in [6.07, 6.45) is 0. The SMILES string of the molecule is NC(=S)N/N=C1/COCc2ccccc21. The number of benzene rings is 1. The van der Waals surface area contributed by atoms with Crippen molar-refractivity contribution in [2.45, 2.75) is 6.61 Å². The molecule has 15 heavy (non-hydrogen) atoms. The van der Waals surface area contributed by atoms with Gasteiger partial charge < -0.3 is 10.5 Å². The number of hydrogen-bond acceptors (Lipinski definition) is 3. The van der Waals surface area contributed by atoms with Gasteiger partial charge in [0, 0.05) is 5.56 Å². The van der Waals surface area contributed by atoms with E-state index in [1.807, 2.05) is 24.3 Å². The number of hydrogen-bond donors (Lipinski definition) is 2. The number of thiocarbonyl (C=S) groups is 1. The molecule has 0 amide bonds. The summed E-state index contributed by atoms with van der Waals surface area (Å²) in [6.45, 7) is 1.11. The second-order valence-electron chi connectivity index (χ2n) is 3.18. The molecule has 0 unspecified atom stereocenters. The van der Waals surface area contributed by atoms with Crippen LogP contribution in [0.15, 0.2) is 29.4 Å². The standard InChI is InChI=1S/C10H11N3OS/c11-10(15)13-12-9-6-14-5-7-3-1-2-4-8(7)9/h1-4H,5-6H2,(H3,11,13,15)/b12-9-. The lowest BCUT2D eigenvalue weighted by atomic mass is 10.0. The molecule has 0 spiro atoms. The first-order valence-electron chi connectivity index (χ1n) is 4.55. The van der Waals surface area contributed by atoms with Gasteiger partial charge in [0.1, 0.15) is 0 Å². The van der Waals surface area contributed by atoms with Crippen molar-refractivity contribution < 1.29 is 4.74 Å². The molecule has 1 aromatic rings. The van der Waals surface area contributed by atoms with Crippen molar-refractivity contribution >= 4 is 23.0 Å². The Labute approximate surface area is 93.1 Å². The van der Waals surface area contributed by atoms with Crippen molar-refractivity contribution in [3.05, 3.63) is 35.4 Å². The van der Waals surface area contributed by atoms with E-state index in [0.29, 0.717) is 13.2 Å². The Morgan fingerprint density at radius 2 is 2.20 bits per heavy atom. The molecule has 5 heteroatoms. The average molecular weight is 221 g/mol. The molecule has 1 aliphatic rings. The highest BCUT2D eigenvalue weighted by atomic mass is 32.1. The molecule has 0 bridgehead atoms. The number of nitrogens with one attached hydrogen (secondary N) is 1. The van der Waals surface area contributed by atoms with E-state index >= 15 is 0 Å². The lowest BCUT2D eigenvalue weighted by molar-refractivity contribution is 0.152. The van der Waals surface area contributed by atoms with E-state index in [1.165, 1.54) is 0 Å². The second kappa shape index (κ2) is 4.37. The Kier molecular flexibility index (Phi) is 2.94. The predicted molar refractivity (Wildman–Crippen MR) is 62.6 cm³/mol. The largest absolute Gasteiger partial charge is 0.375 e. The van der Waals surface area contributed by atoms with Gasteiger partial charge in [-0.15, -0.1) is 0 Å². The maximum Gasteiger partial charge on any atom is 0.184 e. The van der Waals surface area contributed by atoms with Crippen molar-refractivity contribution in [3.63, 3.8) is 0 Å². The Hall–Kier alpha value is -1.46. The first kappa shape index (κ1) is 10.1. The fourth-order valence-corrected chi connectivity index (χ4v) is 1.52. The van der Waals surface area contributed by atoms with E-state index in [-0.39, 0.29) is 5.11 Å². The Morgan fingerprint density at radius 3 is 3.00 bits per heavy atom. The Morgan fingerprint density at radius 1 is 1.40 bits per heavy atom. The zero-order valence-electron chi connectivity index (χ0n) is 8.06. The fourth-order valence-electron chi connectivity index (χ4n) is 1.48. The summed E-state index contributed by atoms with van der Waals surface area (Å²) in [5, 5.41) is 4.26. The minimum Gasteiger partial charge on any atom is -0.375 e. The van der Waals surface area contributed by atoms with Crippen LogP contribution in [0.2, 0.25) is 0 Å². The summed E-state index contributed by atoms with van der Waals surface area (Å²) in [5.41, 5.74) is 10.9. The molecule has 0 fully saturated rings. The third kappa shape index (κ3) is 2.31. The molecule has 3 N–H and O–H groups in total. The third-order valence-corrected chi connectivity index (χ3v) is 2.22. The fraction of sp³-hybridized carbons (Fsp3) is 0.200. The molecule has 78 valence electrons. The van der Waals surface area contributed by atoms with Crippen molar-refractivity contribution in [1.82, 2.24) is 5.43 Å². The van der Waals surface area contributed by atoms with Crippen LogP contribution in [0.1, 0.15) is 11.1 Å². The van der Waals surface area contributed by atoms with E-state index in [2.05, 4.69) is 22.7 Å². The summed E-state index contributed by atoms with van der Waals surface area (Å²) in [7, 11) is 0. The predicted octanol–water partition coefficient (Wildman–Crippen LogP) is 0.754. The first-order chi connectivity index (χ1) is 7.27. The van der Waals surface area contributed by atoms with E-state index in [0.717, 1.165) is 16.8 Å². The van der Waals surface area contributed by atoms with Gasteiger partial charge in [0.05, 0.1) is 18.9 Å². The van der Waals surface area contributed by atoms with Gasteiger partial charge in [0.2, 0.25) is 0 Å². The summed E-state index contributed by atoms with van der Waals surface area (Å²) >= 11 is 4.68. The lowest BCUT2D eigenvalue weighted by Crippen LogP contribution is -2.28. The third-order valence-electron chi connectivity index (χ3n) is 2.13. The van der Waals surface area contributed by atoms with Gasteiger partial charge in [-0.05, 0) is 17.8 Å². The summed E-state index contributed by atoms with van der Waals surface area (Å²) < 4.78 is 5.39. The highest BCUT2D eigenvalue weighted by Gasteiger charge is 2.14. The van der Waals surface area contributed by atoms with Crippen LogP contribution in [0.3, 0.4) is 0 Å². The van der Waals surface area contributed by atoms with E-state index in [4.69, 9.17) is 10.5 Å². The molecule has 0 radical (unpaired) electrons. The van der Waals surface area contributed by atoms with Crippen LogP contribution in [0.4, 0.5) is 0 Å². The first-order valence-corrected chi connectivity index (χ1v) is 4.96. The minimum atomic E-state index is 0.158. The van der Waals surface area contributed by atoms with Crippen molar-refractivity contribution in [2.75, 3.05) is 6.61 Å². The normalized spacial score (nSPS) is 17.2. The lowest BCUT2D eigenvalue weighted by Gasteiger charge is -2.17. The number of hydrazone groups is 1. The zero-order chi connectivity index (χ0) is 10.7. The van der Waals surface area contributed by atoms with Crippen LogP contribution in [-0.2, 0) is 11.3 Å². The molecule has 4 nitrogen and oxygen atoms in total. The number of fused-ring (bicyclic) bond motifs is 1. The van der Waals surface area contributed by atoms with Gasteiger partial charge in [-0.1, -0.05) is 24.3 Å². The average Bonchev–Trinajstić information content (AvgIpc) is 2.26. The van der Waals surface area contributed by atoms with Gasteiger partial charge in [-0.25, -0.2) is 0 Å². The summed E-state index contributed by atoms with van der Waals surface area (Å²) in [5.74, 6) is 0. The second-order valence-corrected chi connectivity index (χ2v) is 3.62. The van der Waals surface area contributed by atoms with Crippen LogP contribution in [0.5, 0.6) is 0 Å². The molecule has 0 saturated carbocycles. The Balaban J connectivity index is 2.29. The smallest absolute Gasteiger partial charge is 0.184 e. The van der Waals surface area contributed by atoms with Gasteiger partial charge >= 0.3 is 0 Å².